The minimum atomic E-state index is 0. The van der Waals surface area contributed by atoms with E-state index in [9.17, 15) is 0 Å². The van der Waals surface area contributed by atoms with Crippen LogP contribution in [-0.2, 0) is 0 Å². The van der Waals surface area contributed by atoms with Gasteiger partial charge < -0.3 is 1.43 Å². The van der Waals surface area contributed by atoms with Gasteiger partial charge in [0.25, 0.3) is 0 Å². The van der Waals surface area contributed by atoms with Gasteiger partial charge in [-0.3, -0.25) is 0 Å². The normalized spacial score (nSPS) is 18.7. The zero-order valence-corrected chi connectivity index (χ0v) is 7.96. The summed E-state index contributed by atoms with van der Waals surface area (Å²) in [6, 6.07) is 6.66. The van der Waals surface area contributed by atoms with Crippen LogP contribution in [-0.4, -0.2) is 0 Å². The molecule has 12 heavy (non-hydrogen) atoms. The molecular weight excluding hydrogens is 139 g/mol. The predicted octanol–water partition coefficient (Wildman–Crippen LogP) is 0.242. The Kier molecular flexibility index (Phi) is 2.83. The molecular formula is C11H13Li. The van der Waals surface area contributed by atoms with E-state index < -0.39 is 0 Å². The first-order chi connectivity index (χ1) is 5.27. The van der Waals surface area contributed by atoms with Crippen LogP contribution in [0.25, 0.3) is 6.08 Å². The third-order valence-corrected chi connectivity index (χ3v) is 2.30. The van der Waals surface area contributed by atoms with Gasteiger partial charge in [-0.2, -0.15) is 0 Å². The number of hydrogen-bond acceptors (Lipinski definition) is 0. The minimum Gasteiger partial charge on any atom is -1.00 e. The molecule has 1 aliphatic carbocycles. The fourth-order valence-electron chi connectivity index (χ4n) is 1.60. The van der Waals surface area contributed by atoms with E-state index in [2.05, 4.69) is 44.2 Å². The van der Waals surface area contributed by atoms with Gasteiger partial charge in [-0.15, -0.1) is 0 Å². The summed E-state index contributed by atoms with van der Waals surface area (Å²) < 4.78 is 0. The van der Waals surface area contributed by atoms with Crippen molar-refractivity contribution < 1.29 is 20.3 Å². The third-order valence-electron chi connectivity index (χ3n) is 2.30. The maximum atomic E-state index is 2.25. The molecule has 0 spiro atoms. The van der Waals surface area contributed by atoms with Gasteiger partial charge in [0.15, 0.2) is 0 Å². The molecule has 2 rings (SSSR count). The van der Waals surface area contributed by atoms with Gasteiger partial charge in [0, 0.05) is 0 Å². The van der Waals surface area contributed by atoms with Crippen LogP contribution in [0.3, 0.4) is 0 Å². The van der Waals surface area contributed by atoms with Crippen molar-refractivity contribution in [3.8, 4) is 0 Å². The topological polar surface area (TPSA) is 0 Å². The Morgan fingerprint density at radius 2 is 2.08 bits per heavy atom. The molecule has 0 saturated carbocycles. The summed E-state index contributed by atoms with van der Waals surface area (Å²) in [4.78, 5) is 0. The molecule has 58 valence electrons. The fraction of sp³-hybridized carbons (Fsp3) is 0.273. The largest absolute Gasteiger partial charge is 1.00 e. The Hall–Kier alpha value is -0.443. The first-order valence-electron chi connectivity index (χ1n) is 4.06. The molecule has 0 fully saturated rings. The number of aryl methyl sites for hydroxylation is 1. The van der Waals surface area contributed by atoms with E-state index in [-0.39, 0.29) is 20.3 Å². The SMILES string of the molecule is Cc1ccc2c(c1)C=CC2C.[H-].[Li+]. The average Bonchev–Trinajstić information content (AvgIpc) is 2.32. The molecule has 0 aromatic heterocycles. The molecule has 1 aromatic rings. The molecule has 1 heteroatoms. The minimum absolute atomic E-state index is 0. The Labute approximate surface area is 87.3 Å². The maximum Gasteiger partial charge on any atom is 1.00 e. The summed E-state index contributed by atoms with van der Waals surface area (Å²) in [6.07, 6.45) is 4.47. The molecule has 0 heterocycles. The van der Waals surface area contributed by atoms with Crippen LogP contribution in [0.2, 0.25) is 0 Å². The standard InChI is InChI=1S/C11H12.Li.H/c1-8-3-6-11-9(2)4-5-10(11)7-8;;/h3-7,9H,1-2H3;;/q;+1;-1. The van der Waals surface area contributed by atoms with E-state index in [0.717, 1.165) is 0 Å². The Morgan fingerprint density at radius 3 is 2.83 bits per heavy atom. The summed E-state index contributed by atoms with van der Waals surface area (Å²) in [5.41, 5.74) is 4.22. The van der Waals surface area contributed by atoms with Crippen LogP contribution in [0, 0.1) is 6.92 Å². The molecule has 1 aromatic carbocycles. The molecule has 0 aliphatic heterocycles. The van der Waals surface area contributed by atoms with Gasteiger partial charge in [0.1, 0.15) is 0 Å². The van der Waals surface area contributed by atoms with Crippen molar-refractivity contribution in [1.29, 1.82) is 0 Å². The van der Waals surface area contributed by atoms with Gasteiger partial charge in [-0.25, -0.2) is 0 Å². The molecule has 0 amide bonds. The molecule has 1 aliphatic rings. The molecule has 1 unspecified atom stereocenters. The molecule has 0 nitrogen and oxygen atoms in total. The summed E-state index contributed by atoms with van der Waals surface area (Å²) in [6.45, 7) is 4.37. The van der Waals surface area contributed by atoms with E-state index in [1.807, 2.05) is 0 Å². The Bertz CT molecular complexity index is 318. The van der Waals surface area contributed by atoms with E-state index in [4.69, 9.17) is 0 Å². The first kappa shape index (κ1) is 9.64. The quantitative estimate of drug-likeness (QED) is 0.467. The van der Waals surface area contributed by atoms with Crippen molar-refractivity contribution in [2.45, 2.75) is 19.8 Å². The van der Waals surface area contributed by atoms with Gasteiger partial charge in [0.2, 0.25) is 0 Å². The van der Waals surface area contributed by atoms with Crippen LogP contribution >= 0.6 is 0 Å². The maximum absolute atomic E-state index is 2.25. The Balaban J connectivity index is 0.000000720. The molecule has 0 bridgehead atoms. The van der Waals surface area contributed by atoms with Crippen LogP contribution in [0.15, 0.2) is 24.3 Å². The summed E-state index contributed by atoms with van der Waals surface area (Å²) in [5.74, 6) is 0.616. The van der Waals surface area contributed by atoms with Crippen molar-refractivity contribution in [3.05, 3.63) is 41.0 Å². The summed E-state index contributed by atoms with van der Waals surface area (Å²) in [5, 5.41) is 0. The zero-order valence-electron chi connectivity index (χ0n) is 8.96. The number of hydrogen-bond donors (Lipinski definition) is 0. The monoisotopic (exact) mass is 152 g/mol. The van der Waals surface area contributed by atoms with E-state index in [0.29, 0.717) is 5.92 Å². The van der Waals surface area contributed by atoms with Crippen LogP contribution in [0.1, 0.15) is 31.0 Å². The number of fused-ring (bicyclic) bond motifs is 1. The van der Waals surface area contributed by atoms with Crippen molar-refractivity contribution in [2.75, 3.05) is 0 Å². The smallest absolute Gasteiger partial charge is 1.00 e. The Morgan fingerprint density at radius 1 is 1.33 bits per heavy atom. The zero-order chi connectivity index (χ0) is 7.84. The van der Waals surface area contributed by atoms with Crippen molar-refractivity contribution in [2.24, 2.45) is 0 Å². The second-order valence-electron chi connectivity index (χ2n) is 3.28. The summed E-state index contributed by atoms with van der Waals surface area (Å²) >= 11 is 0. The second-order valence-corrected chi connectivity index (χ2v) is 3.28. The van der Waals surface area contributed by atoms with Crippen LogP contribution < -0.4 is 18.9 Å². The van der Waals surface area contributed by atoms with E-state index >= 15 is 0 Å². The number of rotatable bonds is 0. The van der Waals surface area contributed by atoms with Crippen molar-refractivity contribution in [3.63, 3.8) is 0 Å². The van der Waals surface area contributed by atoms with Gasteiger partial charge in [-0.1, -0.05) is 42.8 Å². The van der Waals surface area contributed by atoms with E-state index in [1.54, 1.807) is 0 Å². The van der Waals surface area contributed by atoms with Gasteiger partial charge >= 0.3 is 18.9 Å². The fourth-order valence-corrected chi connectivity index (χ4v) is 1.60. The van der Waals surface area contributed by atoms with Crippen molar-refractivity contribution in [1.82, 2.24) is 0 Å². The second kappa shape index (κ2) is 3.52. The molecule has 0 N–H and O–H groups in total. The number of allylic oxidation sites excluding steroid dienone is 1. The van der Waals surface area contributed by atoms with E-state index in [1.165, 1.54) is 16.7 Å². The third kappa shape index (κ3) is 1.51. The average molecular weight is 152 g/mol. The van der Waals surface area contributed by atoms with Crippen LogP contribution in [0.4, 0.5) is 0 Å². The number of benzene rings is 1. The summed E-state index contributed by atoms with van der Waals surface area (Å²) in [7, 11) is 0. The predicted molar refractivity (Wildman–Crippen MR) is 49.7 cm³/mol. The first-order valence-corrected chi connectivity index (χ1v) is 4.06. The van der Waals surface area contributed by atoms with Crippen LogP contribution in [0.5, 0.6) is 0 Å². The molecule has 1 atom stereocenters. The molecule has 0 saturated heterocycles. The molecule has 0 radical (unpaired) electrons. The van der Waals surface area contributed by atoms with Crippen molar-refractivity contribution >= 4 is 6.08 Å². The van der Waals surface area contributed by atoms with Gasteiger partial charge in [-0.05, 0) is 24.0 Å². The van der Waals surface area contributed by atoms with Gasteiger partial charge in [0.05, 0.1) is 0 Å².